The van der Waals surface area contributed by atoms with Crippen LogP contribution in [-0.4, -0.2) is 4.89 Å². The first-order valence-electron chi connectivity index (χ1n) is 7.82. The first-order chi connectivity index (χ1) is 11.7. The molecule has 3 rings (SSSR count). The van der Waals surface area contributed by atoms with Gasteiger partial charge >= 0.3 is 8.03 Å². The molecule has 2 N–H and O–H groups in total. The molecule has 0 aliphatic heterocycles. The molecule has 0 heterocycles. The van der Waals surface area contributed by atoms with Gasteiger partial charge in [-0.25, -0.2) is 0 Å². The average Bonchev–Trinajstić information content (AvgIpc) is 2.62. The molecule has 0 saturated heterocycles. The minimum Gasteiger partial charge on any atom is -0.374 e. The number of para-hydroxylation sites is 1. The third kappa shape index (κ3) is 4.08. The molecule has 0 spiro atoms. The lowest BCUT2D eigenvalue weighted by Gasteiger charge is -2.22. The Morgan fingerprint density at radius 3 is 1.83 bits per heavy atom. The summed E-state index contributed by atoms with van der Waals surface area (Å²) in [4.78, 5) is 9.28. The summed E-state index contributed by atoms with van der Waals surface area (Å²) in [7, 11) is -2.22. The van der Waals surface area contributed by atoms with Crippen LogP contribution in [0.25, 0.3) is 0 Å². The van der Waals surface area contributed by atoms with Crippen LogP contribution in [0.2, 0.25) is 0 Å². The molecule has 120 valence electrons. The molecule has 0 radical (unpaired) electrons. The Labute approximate surface area is 142 Å². The maximum absolute atomic E-state index is 11.3. The number of anilines is 1. The van der Waals surface area contributed by atoms with Crippen molar-refractivity contribution in [2.24, 2.45) is 0 Å². The highest BCUT2D eigenvalue weighted by atomic mass is 31.1. The number of hydrogen-bond acceptors (Lipinski definition) is 2. The summed E-state index contributed by atoms with van der Waals surface area (Å²) in [6.07, 6.45) is 0.148. The van der Waals surface area contributed by atoms with Crippen molar-refractivity contribution in [3.05, 3.63) is 102 Å². The normalized spacial score (nSPS) is 11.3. The molecule has 24 heavy (non-hydrogen) atoms. The van der Waals surface area contributed by atoms with E-state index in [2.05, 4.69) is 29.6 Å². The largest absolute Gasteiger partial charge is 0.510 e. The van der Waals surface area contributed by atoms with Gasteiger partial charge in [-0.2, -0.15) is 4.89 Å². The molecule has 1 atom stereocenters. The van der Waals surface area contributed by atoms with E-state index in [1.165, 1.54) is 0 Å². The van der Waals surface area contributed by atoms with E-state index in [-0.39, 0.29) is 12.2 Å². The summed E-state index contributed by atoms with van der Waals surface area (Å²) in [5, 5.41) is 3.55. The molecule has 0 saturated carbocycles. The first kappa shape index (κ1) is 16.4. The molecule has 0 fully saturated rings. The molecule has 0 aliphatic carbocycles. The van der Waals surface area contributed by atoms with Crippen LogP contribution in [0.15, 0.2) is 84.9 Å². The van der Waals surface area contributed by atoms with Gasteiger partial charge in [-0.15, -0.1) is 0 Å². The van der Waals surface area contributed by atoms with Gasteiger partial charge < -0.3 is 5.32 Å². The van der Waals surface area contributed by atoms with E-state index < -0.39 is 8.03 Å². The predicted molar refractivity (Wildman–Crippen MR) is 98.3 cm³/mol. The summed E-state index contributed by atoms with van der Waals surface area (Å²) < 4.78 is 11.3. The molecule has 1 unspecified atom stereocenters. The second-order valence-electron chi connectivity index (χ2n) is 5.57. The highest BCUT2D eigenvalue weighted by molar-refractivity contribution is 7.37. The molecule has 4 heteroatoms. The summed E-state index contributed by atoms with van der Waals surface area (Å²) in [5.41, 5.74) is 4.02. The van der Waals surface area contributed by atoms with E-state index in [4.69, 9.17) is 0 Å². The van der Waals surface area contributed by atoms with E-state index in [0.717, 1.165) is 22.4 Å². The van der Waals surface area contributed by atoms with Gasteiger partial charge in [0.05, 0.1) is 6.04 Å². The van der Waals surface area contributed by atoms with Crippen LogP contribution < -0.4 is 5.32 Å². The van der Waals surface area contributed by atoms with Gasteiger partial charge in [-0.3, -0.25) is 0 Å². The average molecular weight is 336 g/mol. The van der Waals surface area contributed by atoms with E-state index in [1.807, 2.05) is 60.7 Å². The van der Waals surface area contributed by atoms with Gasteiger partial charge in [0.15, 0.2) is 0 Å². The fourth-order valence-corrected chi connectivity index (χ4v) is 3.32. The van der Waals surface area contributed by atoms with E-state index in [9.17, 15) is 9.46 Å². The zero-order valence-electron chi connectivity index (χ0n) is 13.2. The molecule has 0 amide bonds. The van der Waals surface area contributed by atoms with Gasteiger partial charge in [0.1, 0.15) is 0 Å². The van der Waals surface area contributed by atoms with Crippen molar-refractivity contribution in [3.63, 3.8) is 0 Å². The maximum Gasteiger partial charge on any atom is 0.510 e. The molecule has 0 aromatic heterocycles. The van der Waals surface area contributed by atoms with Crippen molar-refractivity contribution in [2.45, 2.75) is 12.2 Å². The summed E-state index contributed by atoms with van der Waals surface area (Å²) >= 11 is 0. The van der Waals surface area contributed by atoms with E-state index >= 15 is 0 Å². The fourth-order valence-electron chi connectivity index (χ4n) is 2.75. The lowest BCUT2D eigenvalue weighted by Crippen LogP contribution is -2.13. The highest BCUT2D eigenvalue weighted by Gasteiger charge is 2.19. The third-order valence-electron chi connectivity index (χ3n) is 3.89. The molecule has 3 nitrogen and oxygen atoms in total. The molecule has 0 bridgehead atoms. The second-order valence-corrected chi connectivity index (χ2v) is 6.59. The van der Waals surface area contributed by atoms with Crippen molar-refractivity contribution in [1.82, 2.24) is 0 Å². The molecule has 0 aliphatic rings. The summed E-state index contributed by atoms with van der Waals surface area (Å²) in [5.74, 6) is 0. The molecule has 3 aromatic rings. The van der Waals surface area contributed by atoms with Crippen molar-refractivity contribution >= 4 is 13.7 Å². The van der Waals surface area contributed by atoms with Crippen LogP contribution >= 0.6 is 8.03 Å². The van der Waals surface area contributed by atoms with Gasteiger partial charge in [0, 0.05) is 11.3 Å². The van der Waals surface area contributed by atoms with Crippen molar-refractivity contribution in [3.8, 4) is 0 Å². The first-order valence-corrected chi connectivity index (χ1v) is 9.21. The lowest BCUT2D eigenvalue weighted by atomic mass is 9.98. The Balaban J connectivity index is 1.98. The lowest BCUT2D eigenvalue weighted by molar-refractivity contribution is 0.502. The second kappa shape index (κ2) is 7.87. The number of rotatable bonds is 6. The topological polar surface area (TPSA) is 49.3 Å². The number of benzene rings is 3. The van der Waals surface area contributed by atoms with Crippen LogP contribution in [0.1, 0.15) is 22.7 Å². The van der Waals surface area contributed by atoms with E-state index in [1.54, 1.807) is 0 Å². The molecule has 3 aromatic carbocycles. The van der Waals surface area contributed by atoms with Gasteiger partial charge in [-0.1, -0.05) is 78.9 Å². The third-order valence-corrected chi connectivity index (χ3v) is 4.50. The zero-order valence-corrected chi connectivity index (χ0v) is 14.1. The van der Waals surface area contributed by atoms with Crippen molar-refractivity contribution < 1.29 is 9.46 Å². The van der Waals surface area contributed by atoms with E-state index in [0.29, 0.717) is 0 Å². The van der Waals surface area contributed by atoms with Gasteiger partial charge in [-0.05, 0) is 21.8 Å². The van der Waals surface area contributed by atoms with Gasteiger partial charge in [0.25, 0.3) is 0 Å². The van der Waals surface area contributed by atoms with Gasteiger partial charge in [0.2, 0.25) is 6.16 Å². The van der Waals surface area contributed by atoms with Crippen molar-refractivity contribution in [2.75, 3.05) is 5.32 Å². The predicted octanol–water partition coefficient (Wildman–Crippen LogP) is 5.12. The quantitative estimate of drug-likeness (QED) is 0.614. The number of hydrogen-bond donors (Lipinski definition) is 2. The Kier molecular flexibility index (Phi) is 5.37. The van der Waals surface area contributed by atoms with Crippen LogP contribution in [-0.2, 0) is 10.7 Å². The minimum absolute atomic E-state index is 0.0230. The molecular formula is C20H19NO2P+. The summed E-state index contributed by atoms with van der Waals surface area (Å²) in [6, 6.07) is 28.0. The standard InChI is InChI=1S/C20H18NO2P/c22-24(23)15-18-13-7-8-14-19(18)21-20(16-9-3-1-4-10-16)17-11-5-2-6-12-17/h1-14,20-21H,15H2/p+1. The summed E-state index contributed by atoms with van der Waals surface area (Å²) in [6.45, 7) is 0. The highest BCUT2D eigenvalue weighted by Crippen LogP contribution is 2.31. The Morgan fingerprint density at radius 1 is 0.792 bits per heavy atom. The smallest absolute Gasteiger partial charge is 0.374 e. The Bertz CT molecular complexity index is 767. The fraction of sp³-hybridized carbons (Fsp3) is 0.100. The van der Waals surface area contributed by atoms with Crippen LogP contribution in [0.4, 0.5) is 5.69 Å². The monoisotopic (exact) mass is 336 g/mol. The SMILES string of the molecule is O=[P+](O)Cc1ccccc1NC(c1ccccc1)c1ccccc1. The van der Waals surface area contributed by atoms with Crippen LogP contribution in [0.5, 0.6) is 0 Å². The van der Waals surface area contributed by atoms with Crippen LogP contribution in [0.3, 0.4) is 0 Å². The van der Waals surface area contributed by atoms with Crippen LogP contribution in [0, 0.1) is 0 Å². The minimum atomic E-state index is -2.22. The van der Waals surface area contributed by atoms with Crippen molar-refractivity contribution in [1.29, 1.82) is 0 Å². The molecular weight excluding hydrogens is 317 g/mol. The number of nitrogens with one attached hydrogen (secondary N) is 1. The Hall–Kier alpha value is -2.48. The zero-order chi connectivity index (χ0) is 16.8. The maximum atomic E-state index is 11.3. The Morgan fingerprint density at radius 2 is 1.29 bits per heavy atom.